The highest BCUT2D eigenvalue weighted by atomic mass is 32.2. The number of rotatable bonds is 3. The first kappa shape index (κ1) is 13.7. The van der Waals surface area contributed by atoms with Gasteiger partial charge in [-0.2, -0.15) is 11.8 Å². The quantitative estimate of drug-likeness (QED) is 0.913. The molecule has 1 aromatic rings. The van der Waals surface area contributed by atoms with Crippen LogP contribution < -0.4 is 10.6 Å². The van der Waals surface area contributed by atoms with Gasteiger partial charge in [0.1, 0.15) is 5.82 Å². The van der Waals surface area contributed by atoms with Gasteiger partial charge in [-0.1, -0.05) is 6.92 Å². The van der Waals surface area contributed by atoms with E-state index in [4.69, 9.17) is 5.73 Å². The van der Waals surface area contributed by atoms with Crippen LogP contribution in [0.1, 0.15) is 31.9 Å². The predicted octanol–water partition coefficient (Wildman–Crippen LogP) is 3.18. The minimum absolute atomic E-state index is 0.134. The molecule has 1 fully saturated rings. The summed E-state index contributed by atoms with van der Waals surface area (Å²) in [6.07, 6.45) is 1.18. The maximum Gasteiger partial charge on any atom is 0.123 e. The Balaban J connectivity index is 2.26. The van der Waals surface area contributed by atoms with Crippen molar-refractivity contribution in [3.63, 3.8) is 0 Å². The lowest BCUT2D eigenvalue weighted by Gasteiger charge is -2.35. The highest BCUT2D eigenvalue weighted by Gasteiger charge is 2.22. The molecule has 2 N–H and O–H groups in total. The second-order valence-corrected chi connectivity index (χ2v) is 6.25. The first-order chi connectivity index (χ1) is 8.61. The Labute approximate surface area is 113 Å². The molecule has 1 unspecified atom stereocenters. The van der Waals surface area contributed by atoms with Gasteiger partial charge in [0, 0.05) is 35.8 Å². The first-order valence-electron chi connectivity index (χ1n) is 6.53. The van der Waals surface area contributed by atoms with E-state index in [1.54, 1.807) is 6.07 Å². The molecule has 100 valence electrons. The molecule has 1 aliphatic rings. The molecule has 2 nitrogen and oxygen atoms in total. The van der Waals surface area contributed by atoms with Crippen LogP contribution in [-0.2, 0) is 0 Å². The first-order valence-corrected chi connectivity index (χ1v) is 7.58. The summed E-state index contributed by atoms with van der Waals surface area (Å²) in [6.45, 7) is 6.19. The molecule has 4 heteroatoms. The van der Waals surface area contributed by atoms with Crippen molar-refractivity contribution in [3.8, 4) is 0 Å². The molecule has 1 heterocycles. The highest BCUT2D eigenvalue weighted by Crippen LogP contribution is 2.31. The molecule has 0 aliphatic carbocycles. The van der Waals surface area contributed by atoms with Gasteiger partial charge in [0.2, 0.25) is 0 Å². The Hall–Kier alpha value is -0.740. The van der Waals surface area contributed by atoms with Crippen molar-refractivity contribution in [2.75, 3.05) is 23.7 Å². The van der Waals surface area contributed by atoms with Crippen LogP contribution in [0.4, 0.5) is 10.1 Å². The number of hydrogen-bond acceptors (Lipinski definition) is 3. The largest absolute Gasteiger partial charge is 0.369 e. The average Bonchev–Trinajstić information content (AvgIpc) is 2.38. The molecule has 0 amide bonds. The number of nitrogens with zero attached hydrogens (tertiary/aromatic N) is 1. The number of benzene rings is 1. The minimum atomic E-state index is -0.204. The third-order valence-corrected chi connectivity index (χ3v) is 4.79. The van der Waals surface area contributed by atoms with Crippen LogP contribution in [0, 0.1) is 5.82 Å². The van der Waals surface area contributed by atoms with Crippen LogP contribution >= 0.6 is 11.8 Å². The van der Waals surface area contributed by atoms with E-state index >= 15 is 0 Å². The number of nitrogens with two attached hydrogens (primary N) is 1. The van der Waals surface area contributed by atoms with Crippen LogP contribution in [0.5, 0.6) is 0 Å². The smallest absolute Gasteiger partial charge is 0.123 e. The molecule has 0 bridgehead atoms. The summed E-state index contributed by atoms with van der Waals surface area (Å²) in [5.41, 5.74) is 7.97. The lowest BCUT2D eigenvalue weighted by molar-refractivity contribution is 0.620. The summed E-state index contributed by atoms with van der Waals surface area (Å²) in [6, 6.07) is 4.84. The van der Waals surface area contributed by atoms with Crippen LogP contribution in [0.25, 0.3) is 0 Å². The maximum atomic E-state index is 13.3. The van der Waals surface area contributed by atoms with Crippen LogP contribution in [0.15, 0.2) is 18.2 Å². The summed E-state index contributed by atoms with van der Waals surface area (Å²) < 4.78 is 13.3. The van der Waals surface area contributed by atoms with Gasteiger partial charge in [0.15, 0.2) is 0 Å². The molecule has 1 aromatic carbocycles. The fourth-order valence-corrected chi connectivity index (χ4v) is 3.54. The fraction of sp³-hybridized carbons (Fsp3) is 0.571. The van der Waals surface area contributed by atoms with Gasteiger partial charge in [-0.3, -0.25) is 0 Å². The molecule has 0 spiro atoms. The van der Waals surface area contributed by atoms with Gasteiger partial charge in [-0.05, 0) is 37.1 Å². The highest BCUT2D eigenvalue weighted by molar-refractivity contribution is 8.00. The number of anilines is 1. The normalized spacial score (nSPS) is 22.0. The molecule has 2 atom stereocenters. The van der Waals surface area contributed by atoms with E-state index in [0.717, 1.165) is 30.1 Å². The minimum Gasteiger partial charge on any atom is -0.369 e. The second-order valence-electron chi connectivity index (χ2n) is 4.84. The van der Waals surface area contributed by atoms with E-state index in [0.29, 0.717) is 5.25 Å². The number of halogens is 1. The van der Waals surface area contributed by atoms with E-state index in [9.17, 15) is 4.39 Å². The van der Waals surface area contributed by atoms with E-state index in [1.807, 2.05) is 24.8 Å². The van der Waals surface area contributed by atoms with Gasteiger partial charge in [-0.15, -0.1) is 0 Å². The Kier molecular flexibility index (Phi) is 4.51. The van der Waals surface area contributed by atoms with Crippen LogP contribution in [-0.4, -0.2) is 24.1 Å². The molecule has 18 heavy (non-hydrogen) atoms. The van der Waals surface area contributed by atoms with Crippen molar-refractivity contribution in [1.82, 2.24) is 0 Å². The van der Waals surface area contributed by atoms with Crippen molar-refractivity contribution >= 4 is 17.4 Å². The van der Waals surface area contributed by atoms with Crippen molar-refractivity contribution < 1.29 is 4.39 Å². The maximum absolute atomic E-state index is 13.3. The molecule has 1 saturated heterocycles. The number of thioether (sulfide) groups is 1. The van der Waals surface area contributed by atoms with E-state index < -0.39 is 0 Å². The van der Waals surface area contributed by atoms with Crippen molar-refractivity contribution in [3.05, 3.63) is 29.6 Å². The molecule has 1 aliphatic heterocycles. The fourth-order valence-electron chi connectivity index (χ4n) is 2.36. The van der Waals surface area contributed by atoms with E-state index in [2.05, 4.69) is 11.8 Å². The van der Waals surface area contributed by atoms with E-state index in [-0.39, 0.29) is 11.9 Å². The summed E-state index contributed by atoms with van der Waals surface area (Å²) in [5.74, 6) is 0.929. The summed E-state index contributed by atoms with van der Waals surface area (Å²) in [4.78, 5) is 2.35. The number of hydrogen-bond donors (Lipinski definition) is 1. The molecule has 2 rings (SSSR count). The van der Waals surface area contributed by atoms with Crippen LogP contribution in [0.2, 0.25) is 0 Å². The monoisotopic (exact) mass is 268 g/mol. The second kappa shape index (κ2) is 5.93. The van der Waals surface area contributed by atoms with Crippen molar-refractivity contribution in [2.45, 2.75) is 31.6 Å². The third kappa shape index (κ3) is 2.98. The zero-order valence-electron chi connectivity index (χ0n) is 11.0. The Morgan fingerprint density at radius 3 is 3.00 bits per heavy atom. The van der Waals surface area contributed by atoms with Gasteiger partial charge in [0.05, 0.1) is 0 Å². The molecule has 0 radical (unpaired) electrons. The summed E-state index contributed by atoms with van der Waals surface area (Å²) >= 11 is 2.03. The van der Waals surface area contributed by atoms with E-state index in [1.165, 1.54) is 12.5 Å². The molecule has 0 aromatic heterocycles. The van der Waals surface area contributed by atoms with Gasteiger partial charge in [-0.25, -0.2) is 4.39 Å². The Morgan fingerprint density at radius 1 is 1.56 bits per heavy atom. The van der Waals surface area contributed by atoms with Crippen molar-refractivity contribution in [2.24, 2.45) is 5.73 Å². The van der Waals surface area contributed by atoms with Gasteiger partial charge < -0.3 is 10.6 Å². The zero-order valence-corrected chi connectivity index (χ0v) is 11.8. The topological polar surface area (TPSA) is 29.3 Å². The lowest BCUT2D eigenvalue weighted by Crippen LogP contribution is -2.38. The standard InChI is InChI=1S/C14H21FN2S/c1-3-12-9-17(6-7-18-12)14-5-4-11(15)8-13(14)10(2)16/h4-5,8,10,12H,3,6-7,9,16H2,1-2H3/t10-,12?/m1/s1. The third-order valence-electron chi connectivity index (χ3n) is 3.41. The summed E-state index contributed by atoms with van der Waals surface area (Å²) in [5, 5.41) is 0.671. The van der Waals surface area contributed by atoms with Crippen LogP contribution in [0.3, 0.4) is 0 Å². The van der Waals surface area contributed by atoms with Crippen molar-refractivity contribution in [1.29, 1.82) is 0 Å². The SMILES string of the molecule is CCC1CN(c2ccc(F)cc2[C@@H](C)N)CCS1. The Bertz CT molecular complexity index is 409. The average molecular weight is 268 g/mol. The molecule has 0 saturated carbocycles. The predicted molar refractivity (Wildman–Crippen MR) is 77.8 cm³/mol. The molecular weight excluding hydrogens is 247 g/mol. The van der Waals surface area contributed by atoms with Gasteiger partial charge in [0.25, 0.3) is 0 Å². The molecular formula is C14H21FN2S. The Morgan fingerprint density at radius 2 is 2.33 bits per heavy atom. The van der Waals surface area contributed by atoms with Gasteiger partial charge >= 0.3 is 0 Å². The zero-order chi connectivity index (χ0) is 13.1. The lowest BCUT2D eigenvalue weighted by atomic mass is 10.0. The summed E-state index contributed by atoms with van der Waals surface area (Å²) in [7, 11) is 0.